The molecule has 7 nitrogen and oxygen atoms in total. The molecule has 2 aromatic carbocycles. The van der Waals surface area contributed by atoms with Gasteiger partial charge in [-0.25, -0.2) is 0 Å². The van der Waals surface area contributed by atoms with Crippen molar-refractivity contribution in [1.29, 1.82) is 0 Å². The second-order valence-electron chi connectivity index (χ2n) is 6.40. The number of aromatic nitrogens is 2. The number of halogens is 1. The summed E-state index contributed by atoms with van der Waals surface area (Å²) in [4.78, 5) is 30.1. The van der Waals surface area contributed by atoms with Crippen molar-refractivity contribution in [2.75, 3.05) is 11.4 Å². The third-order valence-corrected chi connectivity index (χ3v) is 4.74. The standard InChI is InChI=1S/C20H17ClN4O3/c21-15-7-3-13(4-8-15)19-23-17(28-24-19)12-22-20(27)14-5-9-16(10-6-14)25-11-1-2-18(25)26/h3-10H,1-2,11-12H2,(H,22,27). The molecule has 0 atom stereocenters. The Morgan fingerprint density at radius 1 is 1.14 bits per heavy atom. The van der Waals surface area contributed by atoms with Gasteiger partial charge in [-0.1, -0.05) is 16.8 Å². The minimum atomic E-state index is -0.259. The second-order valence-corrected chi connectivity index (χ2v) is 6.83. The first kappa shape index (κ1) is 18.2. The van der Waals surface area contributed by atoms with Gasteiger partial charge in [-0.3, -0.25) is 9.59 Å². The third-order valence-electron chi connectivity index (χ3n) is 4.49. The van der Waals surface area contributed by atoms with Crippen LogP contribution in [0.2, 0.25) is 5.02 Å². The van der Waals surface area contributed by atoms with Gasteiger partial charge in [0.1, 0.15) is 0 Å². The van der Waals surface area contributed by atoms with E-state index in [1.807, 2.05) is 0 Å². The SMILES string of the molecule is O=C(NCc1nc(-c2ccc(Cl)cc2)no1)c1ccc(N2CCCC2=O)cc1. The van der Waals surface area contributed by atoms with E-state index in [1.54, 1.807) is 53.4 Å². The molecule has 1 N–H and O–H groups in total. The fourth-order valence-corrected chi connectivity index (χ4v) is 3.14. The molecule has 8 heteroatoms. The Morgan fingerprint density at radius 2 is 1.89 bits per heavy atom. The maximum atomic E-state index is 12.3. The van der Waals surface area contributed by atoms with E-state index in [-0.39, 0.29) is 18.4 Å². The maximum Gasteiger partial charge on any atom is 0.251 e. The number of nitrogens with one attached hydrogen (secondary N) is 1. The molecule has 28 heavy (non-hydrogen) atoms. The molecule has 0 spiro atoms. The van der Waals surface area contributed by atoms with Crippen LogP contribution in [-0.4, -0.2) is 28.5 Å². The van der Waals surface area contributed by atoms with Crippen molar-refractivity contribution in [3.8, 4) is 11.4 Å². The van der Waals surface area contributed by atoms with E-state index < -0.39 is 0 Å². The molecule has 2 heterocycles. The number of carbonyl (C=O) groups excluding carboxylic acids is 2. The number of carbonyl (C=O) groups is 2. The summed E-state index contributed by atoms with van der Waals surface area (Å²) in [6.07, 6.45) is 1.44. The van der Waals surface area contributed by atoms with Crippen LogP contribution in [0.4, 0.5) is 5.69 Å². The van der Waals surface area contributed by atoms with E-state index in [9.17, 15) is 9.59 Å². The van der Waals surface area contributed by atoms with Gasteiger partial charge >= 0.3 is 0 Å². The van der Waals surface area contributed by atoms with Crippen molar-refractivity contribution in [2.45, 2.75) is 19.4 Å². The van der Waals surface area contributed by atoms with Crippen LogP contribution in [0.15, 0.2) is 53.1 Å². The number of anilines is 1. The van der Waals surface area contributed by atoms with Gasteiger partial charge < -0.3 is 14.7 Å². The van der Waals surface area contributed by atoms with Crippen LogP contribution >= 0.6 is 11.6 Å². The van der Waals surface area contributed by atoms with Gasteiger partial charge in [0.25, 0.3) is 5.91 Å². The van der Waals surface area contributed by atoms with Crippen molar-refractivity contribution in [3.63, 3.8) is 0 Å². The Hall–Kier alpha value is -3.19. The molecular weight excluding hydrogens is 380 g/mol. The Labute approximate surface area is 166 Å². The number of rotatable bonds is 5. The molecule has 4 rings (SSSR count). The van der Waals surface area contributed by atoms with Crippen LogP contribution in [0.1, 0.15) is 29.1 Å². The Morgan fingerprint density at radius 3 is 2.57 bits per heavy atom. The van der Waals surface area contributed by atoms with Gasteiger partial charge in [0.05, 0.1) is 6.54 Å². The molecule has 0 bridgehead atoms. The van der Waals surface area contributed by atoms with Gasteiger partial charge in [0.15, 0.2) is 0 Å². The largest absolute Gasteiger partial charge is 0.343 e. The van der Waals surface area contributed by atoms with E-state index >= 15 is 0 Å². The molecule has 1 saturated heterocycles. The summed E-state index contributed by atoms with van der Waals surface area (Å²) in [6.45, 7) is 0.837. The minimum Gasteiger partial charge on any atom is -0.343 e. The number of hydrogen-bond donors (Lipinski definition) is 1. The van der Waals surface area contributed by atoms with E-state index in [2.05, 4.69) is 15.5 Å². The fraction of sp³-hybridized carbons (Fsp3) is 0.200. The topological polar surface area (TPSA) is 88.3 Å². The van der Waals surface area contributed by atoms with Gasteiger partial charge in [0.2, 0.25) is 17.6 Å². The monoisotopic (exact) mass is 396 g/mol. The lowest BCUT2D eigenvalue weighted by molar-refractivity contribution is -0.117. The zero-order chi connectivity index (χ0) is 19.5. The van der Waals surface area contributed by atoms with Crippen LogP contribution in [0.5, 0.6) is 0 Å². The van der Waals surface area contributed by atoms with Crippen LogP contribution in [0.3, 0.4) is 0 Å². The molecule has 1 aliphatic heterocycles. The Balaban J connectivity index is 1.36. The molecular formula is C20H17ClN4O3. The molecule has 0 saturated carbocycles. The third kappa shape index (κ3) is 3.89. The average molecular weight is 397 g/mol. The Kier molecular flexibility index (Phi) is 5.08. The molecule has 1 aliphatic rings. The van der Waals surface area contributed by atoms with Crippen molar-refractivity contribution in [1.82, 2.24) is 15.5 Å². The van der Waals surface area contributed by atoms with Gasteiger partial charge in [-0.05, 0) is 55.0 Å². The van der Waals surface area contributed by atoms with Crippen molar-refractivity contribution in [3.05, 3.63) is 65.0 Å². The summed E-state index contributed by atoms with van der Waals surface area (Å²) in [5.41, 5.74) is 2.08. The van der Waals surface area contributed by atoms with E-state index in [4.69, 9.17) is 16.1 Å². The lowest BCUT2D eigenvalue weighted by atomic mass is 10.2. The van der Waals surface area contributed by atoms with Crippen molar-refractivity contribution < 1.29 is 14.1 Å². The first-order valence-electron chi connectivity index (χ1n) is 8.87. The van der Waals surface area contributed by atoms with Crippen LogP contribution in [-0.2, 0) is 11.3 Å². The smallest absolute Gasteiger partial charge is 0.251 e. The highest BCUT2D eigenvalue weighted by atomic mass is 35.5. The zero-order valence-electron chi connectivity index (χ0n) is 14.9. The van der Waals surface area contributed by atoms with E-state index in [0.717, 1.165) is 24.2 Å². The lowest BCUT2D eigenvalue weighted by Crippen LogP contribution is -2.25. The van der Waals surface area contributed by atoms with E-state index in [1.165, 1.54) is 0 Å². The summed E-state index contributed by atoms with van der Waals surface area (Å²) < 4.78 is 5.18. The summed E-state index contributed by atoms with van der Waals surface area (Å²) in [7, 11) is 0. The zero-order valence-corrected chi connectivity index (χ0v) is 15.6. The van der Waals surface area contributed by atoms with Gasteiger partial charge in [-0.15, -0.1) is 0 Å². The van der Waals surface area contributed by atoms with Gasteiger partial charge in [0, 0.05) is 34.8 Å². The Bertz CT molecular complexity index is 999. The molecule has 1 fully saturated rings. The predicted octanol–water partition coefficient (Wildman–Crippen LogP) is 3.45. The maximum absolute atomic E-state index is 12.3. The number of hydrogen-bond acceptors (Lipinski definition) is 5. The summed E-state index contributed by atoms with van der Waals surface area (Å²) in [6, 6.07) is 14.0. The molecule has 0 aliphatic carbocycles. The highest BCUT2D eigenvalue weighted by molar-refractivity contribution is 6.30. The molecule has 142 valence electrons. The molecule has 0 radical (unpaired) electrons. The summed E-state index contributed by atoms with van der Waals surface area (Å²) >= 11 is 5.87. The van der Waals surface area contributed by atoms with Crippen LogP contribution in [0.25, 0.3) is 11.4 Å². The second kappa shape index (κ2) is 7.82. The number of benzene rings is 2. The van der Waals surface area contributed by atoms with Crippen molar-refractivity contribution >= 4 is 29.1 Å². The predicted molar refractivity (Wildman–Crippen MR) is 104 cm³/mol. The highest BCUT2D eigenvalue weighted by Gasteiger charge is 2.21. The molecule has 0 unspecified atom stereocenters. The average Bonchev–Trinajstić information content (AvgIpc) is 3.36. The molecule has 2 amide bonds. The van der Waals surface area contributed by atoms with Gasteiger partial charge in [-0.2, -0.15) is 4.98 Å². The number of nitrogens with zero attached hydrogens (tertiary/aromatic N) is 3. The van der Waals surface area contributed by atoms with Crippen LogP contribution in [0, 0.1) is 0 Å². The summed E-state index contributed by atoms with van der Waals surface area (Å²) in [5.74, 6) is 0.591. The quantitative estimate of drug-likeness (QED) is 0.713. The molecule has 3 aromatic rings. The normalized spacial score (nSPS) is 13.8. The first-order chi connectivity index (χ1) is 13.6. The fourth-order valence-electron chi connectivity index (χ4n) is 3.01. The van der Waals surface area contributed by atoms with Crippen molar-refractivity contribution in [2.24, 2.45) is 0 Å². The lowest BCUT2D eigenvalue weighted by Gasteiger charge is -2.15. The summed E-state index contributed by atoms with van der Waals surface area (Å²) in [5, 5.41) is 7.29. The minimum absolute atomic E-state index is 0.116. The molecule has 1 aromatic heterocycles. The highest BCUT2D eigenvalue weighted by Crippen LogP contribution is 2.22. The number of amides is 2. The first-order valence-corrected chi connectivity index (χ1v) is 9.25. The van der Waals surface area contributed by atoms with Crippen LogP contribution < -0.4 is 10.2 Å². The van der Waals surface area contributed by atoms with E-state index in [0.29, 0.717) is 28.7 Å².